The normalized spacial score (nSPS) is 45.5. The third-order valence-corrected chi connectivity index (χ3v) is 1.92. The first-order valence-corrected chi connectivity index (χ1v) is 3.65. The van der Waals surface area contributed by atoms with Crippen LogP contribution in [0.4, 0.5) is 0 Å². The van der Waals surface area contributed by atoms with Crippen LogP contribution in [0, 0.1) is 0 Å². The molecule has 0 aromatic heterocycles. The van der Waals surface area contributed by atoms with Gasteiger partial charge < -0.3 is 30.9 Å². The first-order chi connectivity index (χ1) is 5.57. The van der Waals surface area contributed by atoms with Gasteiger partial charge in [0.05, 0.1) is 0 Å². The van der Waals surface area contributed by atoms with Crippen molar-refractivity contribution in [1.29, 1.82) is 0 Å². The molecule has 0 unspecified atom stereocenters. The summed E-state index contributed by atoms with van der Waals surface area (Å²) in [6.45, 7) is -0.0258. The molecule has 1 rings (SSSR count). The van der Waals surface area contributed by atoms with Gasteiger partial charge >= 0.3 is 0 Å². The van der Waals surface area contributed by atoms with E-state index in [1.165, 1.54) is 0 Å². The first-order valence-electron chi connectivity index (χ1n) is 3.65. The molecular formula is C6H14ClNO5. The van der Waals surface area contributed by atoms with Crippen molar-refractivity contribution in [2.75, 3.05) is 6.54 Å². The topological polar surface area (TPSA) is 116 Å². The van der Waals surface area contributed by atoms with E-state index in [2.05, 4.69) is 0 Å². The fraction of sp³-hybridized carbons (Fsp3) is 1.00. The Hall–Kier alpha value is 0.0500. The van der Waals surface area contributed by atoms with Crippen LogP contribution in [0.3, 0.4) is 0 Å². The molecule has 0 spiro atoms. The van der Waals surface area contributed by atoms with Crippen molar-refractivity contribution in [2.45, 2.75) is 30.7 Å². The highest BCUT2D eigenvalue weighted by atomic mass is 35.5. The van der Waals surface area contributed by atoms with Crippen LogP contribution in [-0.4, -0.2) is 57.7 Å². The zero-order chi connectivity index (χ0) is 9.30. The van der Waals surface area contributed by atoms with E-state index < -0.39 is 30.7 Å². The van der Waals surface area contributed by atoms with Gasteiger partial charge in [-0.25, -0.2) is 0 Å². The molecule has 6 nitrogen and oxygen atoms in total. The third-order valence-electron chi connectivity index (χ3n) is 1.92. The first kappa shape index (κ1) is 13.1. The van der Waals surface area contributed by atoms with Gasteiger partial charge in [0, 0.05) is 6.54 Å². The van der Waals surface area contributed by atoms with E-state index in [9.17, 15) is 5.11 Å². The van der Waals surface area contributed by atoms with Crippen LogP contribution in [0.25, 0.3) is 0 Å². The van der Waals surface area contributed by atoms with Crippen molar-refractivity contribution in [2.24, 2.45) is 5.73 Å². The zero-order valence-corrected chi connectivity index (χ0v) is 7.59. The zero-order valence-electron chi connectivity index (χ0n) is 6.78. The van der Waals surface area contributed by atoms with E-state index in [-0.39, 0.29) is 19.0 Å². The molecule has 5 atom stereocenters. The lowest BCUT2D eigenvalue weighted by atomic mass is 9.99. The summed E-state index contributed by atoms with van der Waals surface area (Å²) in [4.78, 5) is 0. The average molecular weight is 216 g/mol. The maximum atomic E-state index is 9.20. The minimum atomic E-state index is -1.49. The van der Waals surface area contributed by atoms with Crippen LogP contribution in [0.2, 0.25) is 0 Å². The summed E-state index contributed by atoms with van der Waals surface area (Å²) in [5.41, 5.74) is 5.17. The van der Waals surface area contributed by atoms with Gasteiger partial charge in [-0.05, 0) is 0 Å². The summed E-state index contributed by atoms with van der Waals surface area (Å²) < 4.78 is 4.70. The second kappa shape index (κ2) is 5.06. The van der Waals surface area contributed by atoms with Crippen LogP contribution in [0.5, 0.6) is 0 Å². The van der Waals surface area contributed by atoms with Gasteiger partial charge in [0.25, 0.3) is 0 Å². The Kier molecular flexibility index (Phi) is 5.08. The van der Waals surface area contributed by atoms with Crippen molar-refractivity contribution < 1.29 is 25.2 Å². The van der Waals surface area contributed by atoms with E-state index in [4.69, 9.17) is 25.8 Å². The van der Waals surface area contributed by atoms with Gasteiger partial charge in [-0.1, -0.05) is 0 Å². The maximum Gasteiger partial charge on any atom is 0.184 e. The summed E-state index contributed by atoms with van der Waals surface area (Å²) >= 11 is 0. The Bertz CT molecular complexity index is 155. The number of ether oxygens (including phenoxy) is 1. The summed E-state index contributed by atoms with van der Waals surface area (Å²) in [5, 5.41) is 36.3. The Morgan fingerprint density at radius 1 is 1.00 bits per heavy atom. The molecule has 1 fully saturated rings. The van der Waals surface area contributed by atoms with Crippen LogP contribution >= 0.6 is 12.4 Å². The summed E-state index contributed by atoms with van der Waals surface area (Å²) in [6.07, 6.45) is -6.48. The molecule has 0 amide bonds. The smallest absolute Gasteiger partial charge is 0.184 e. The van der Waals surface area contributed by atoms with Crippen molar-refractivity contribution in [3.63, 3.8) is 0 Å². The van der Waals surface area contributed by atoms with Crippen LogP contribution in [0.15, 0.2) is 0 Å². The number of aliphatic hydroxyl groups is 4. The fourth-order valence-corrected chi connectivity index (χ4v) is 1.13. The molecule has 0 aromatic carbocycles. The van der Waals surface area contributed by atoms with E-state index >= 15 is 0 Å². The van der Waals surface area contributed by atoms with Gasteiger partial charge in [0.15, 0.2) is 6.29 Å². The quantitative estimate of drug-likeness (QED) is 0.322. The van der Waals surface area contributed by atoms with Crippen molar-refractivity contribution >= 4 is 12.4 Å². The lowest BCUT2D eigenvalue weighted by Gasteiger charge is -2.37. The van der Waals surface area contributed by atoms with E-state index in [1.807, 2.05) is 0 Å². The number of nitrogens with two attached hydrogens (primary N) is 1. The SMILES string of the molecule is Cl.NC[C@H]1O[C@H](O)[C@H](O)[C@@H](O)[C@@H]1O. The fourth-order valence-electron chi connectivity index (χ4n) is 1.13. The molecule has 0 radical (unpaired) electrons. The predicted molar refractivity (Wildman–Crippen MR) is 45.2 cm³/mol. The molecule has 13 heavy (non-hydrogen) atoms. The van der Waals surface area contributed by atoms with Crippen molar-refractivity contribution in [3.8, 4) is 0 Å². The second-order valence-corrected chi connectivity index (χ2v) is 2.77. The molecule has 0 aromatic rings. The van der Waals surface area contributed by atoms with Crippen LogP contribution in [0.1, 0.15) is 0 Å². The summed E-state index contributed by atoms with van der Waals surface area (Å²) in [7, 11) is 0. The molecule has 0 bridgehead atoms. The molecule has 0 aliphatic carbocycles. The lowest BCUT2D eigenvalue weighted by Crippen LogP contribution is -2.59. The van der Waals surface area contributed by atoms with Crippen LogP contribution in [-0.2, 0) is 4.74 Å². The number of rotatable bonds is 1. The molecule has 6 N–H and O–H groups in total. The molecule has 1 saturated heterocycles. The van der Waals surface area contributed by atoms with E-state index in [1.54, 1.807) is 0 Å². The van der Waals surface area contributed by atoms with Gasteiger partial charge in [0.1, 0.15) is 24.4 Å². The number of aliphatic hydroxyl groups excluding tert-OH is 4. The number of hydrogen-bond donors (Lipinski definition) is 5. The minimum Gasteiger partial charge on any atom is -0.388 e. The third kappa shape index (κ3) is 2.50. The molecule has 80 valence electrons. The van der Waals surface area contributed by atoms with Crippen molar-refractivity contribution in [1.82, 2.24) is 0 Å². The summed E-state index contributed by atoms with van der Waals surface area (Å²) in [5.74, 6) is 0. The Morgan fingerprint density at radius 3 is 2.00 bits per heavy atom. The monoisotopic (exact) mass is 215 g/mol. The highest BCUT2D eigenvalue weighted by molar-refractivity contribution is 5.85. The largest absolute Gasteiger partial charge is 0.388 e. The van der Waals surface area contributed by atoms with Gasteiger partial charge in [0.2, 0.25) is 0 Å². The second-order valence-electron chi connectivity index (χ2n) is 2.77. The molecule has 1 aliphatic heterocycles. The summed E-state index contributed by atoms with van der Waals surface area (Å²) in [6, 6.07) is 0. The molecule has 0 saturated carbocycles. The number of halogens is 1. The standard InChI is InChI=1S/C6H13NO5.ClH/c7-1-2-3(8)4(9)5(10)6(11)12-2;/h2-6,8-11H,1,7H2;1H/t2-,3-,4+,5-,6+;/m1./s1. The number of hydrogen-bond acceptors (Lipinski definition) is 6. The average Bonchev–Trinajstić information content (AvgIpc) is 2.08. The molecular weight excluding hydrogens is 202 g/mol. The molecule has 1 aliphatic rings. The Labute approximate surface area is 81.3 Å². The molecule has 7 heteroatoms. The van der Waals surface area contributed by atoms with Gasteiger partial charge in [-0.3, -0.25) is 0 Å². The highest BCUT2D eigenvalue weighted by Crippen LogP contribution is 2.18. The van der Waals surface area contributed by atoms with E-state index in [0.29, 0.717) is 0 Å². The lowest BCUT2D eigenvalue weighted by molar-refractivity contribution is -0.279. The highest BCUT2D eigenvalue weighted by Gasteiger charge is 2.42. The predicted octanol–water partition coefficient (Wildman–Crippen LogP) is -2.83. The van der Waals surface area contributed by atoms with Gasteiger partial charge in [-0.2, -0.15) is 0 Å². The maximum absolute atomic E-state index is 9.20. The van der Waals surface area contributed by atoms with Crippen molar-refractivity contribution in [3.05, 3.63) is 0 Å². The van der Waals surface area contributed by atoms with Crippen LogP contribution < -0.4 is 5.73 Å². The minimum absolute atomic E-state index is 0. The Balaban J connectivity index is 0.00000144. The van der Waals surface area contributed by atoms with E-state index in [0.717, 1.165) is 0 Å². The Morgan fingerprint density at radius 2 is 1.54 bits per heavy atom. The molecule has 1 heterocycles. The van der Waals surface area contributed by atoms with Gasteiger partial charge in [-0.15, -0.1) is 12.4 Å².